The van der Waals surface area contributed by atoms with Crippen LogP contribution in [0, 0.1) is 11.3 Å². The zero-order valence-corrected chi connectivity index (χ0v) is 10.7. The van der Waals surface area contributed by atoms with Crippen LogP contribution in [-0.2, 0) is 0 Å². The Morgan fingerprint density at radius 3 is 2.76 bits per heavy atom. The van der Waals surface area contributed by atoms with Gasteiger partial charge in [-0.3, -0.25) is 4.79 Å². The maximum absolute atomic E-state index is 11.8. The van der Waals surface area contributed by atoms with Crippen molar-refractivity contribution in [3.8, 4) is 5.75 Å². The number of aromatic hydroxyl groups is 1. The van der Waals surface area contributed by atoms with Gasteiger partial charge in [0.15, 0.2) is 0 Å². The number of phenolic OH excluding ortho intramolecular Hbond substituents is 1. The topological polar surface area (TPSA) is 49.3 Å². The fourth-order valence-electron chi connectivity index (χ4n) is 1.93. The van der Waals surface area contributed by atoms with Gasteiger partial charge >= 0.3 is 0 Å². The van der Waals surface area contributed by atoms with E-state index in [1.165, 1.54) is 12.1 Å². The second kappa shape index (κ2) is 4.22. The lowest BCUT2D eigenvalue weighted by Gasteiger charge is -2.08. The van der Waals surface area contributed by atoms with Crippen molar-refractivity contribution < 1.29 is 9.90 Å². The summed E-state index contributed by atoms with van der Waals surface area (Å²) in [7, 11) is 0. The van der Waals surface area contributed by atoms with Gasteiger partial charge in [0.25, 0.3) is 5.91 Å². The van der Waals surface area contributed by atoms with Gasteiger partial charge in [-0.2, -0.15) is 0 Å². The number of amides is 1. The molecule has 17 heavy (non-hydrogen) atoms. The third-order valence-electron chi connectivity index (χ3n) is 3.43. The maximum Gasteiger partial charge on any atom is 0.255 e. The third kappa shape index (κ3) is 2.72. The van der Waals surface area contributed by atoms with Crippen LogP contribution in [0.1, 0.15) is 30.6 Å². The Morgan fingerprint density at radius 1 is 1.59 bits per heavy atom. The molecule has 0 heterocycles. The first kappa shape index (κ1) is 12.2. The van der Waals surface area contributed by atoms with Gasteiger partial charge in [-0.15, -0.1) is 0 Å². The molecule has 1 aromatic carbocycles. The zero-order valence-electron chi connectivity index (χ0n) is 9.96. The number of rotatable bonds is 3. The number of phenols is 1. The largest absolute Gasteiger partial charge is 0.507 e. The van der Waals surface area contributed by atoms with Gasteiger partial charge in [0, 0.05) is 11.6 Å². The minimum Gasteiger partial charge on any atom is -0.507 e. The third-order valence-corrected chi connectivity index (χ3v) is 3.67. The minimum absolute atomic E-state index is 0.0787. The predicted molar refractivity (Wildman–Crippen MR) is 67.3 cm³/mol. The van der Waals surface area contributed by atoms with E-state index in [4.69, 9.17) is 11.6 Å². The molecule has 2 N–H and O–H groups in total. The molecule has 0 spiro atoms. The van der Waals surface area contributed by atoms with Crippen LogP contribution < -0.4 is 5.32 Å². The number of carbonyl (C=O) groups excluding carboxylic acids is 1. The van der Waals surface area contributed by atoms with Gasteiger partial charge in [0.1, 0.15) is 5.75 Å². The summed E-state index contributed by atoms with van der Waals surface area (Å²) < 4.78 is 0. The van der Waals surface area contributed by atoms with E-state index in [9.17, 15) is 9.90 Å². The second-order valence-corrected chi connectivity index (χ2v) is 5.70. The summed E-state index contributed by atoms with van der Waals surface area (Å²) in [5.41, 5.74) is 0.614. The van der Waals surface area contributed by atoms with E-state index in [-0.39, 0.29) is 17.2 Å². The molecule has 2 rings (SSSR count). The molecule has 0 aromatic heterocycles. The van der Waals surface area contributed by atoms with Crippen LogP contribution >= 0.6 is 11.6 Å². The van der Waals surface area contributed by atoms with Gasteiger partial charge in [-0.05, 0) is 36.0 Å². The molecular weight excluding hydrogens is 238 g/mol. The Hall–Kier alpha value is -1.22. The Bertz CT molecular complexity index is 457. The van der Waals surface area contributed by atoms with Crippen molar-refractivity contribution in [3.63, 3.8) is 0 Å². The fraction of sp³-hybridized carbons (Fsp3) is 0.462. The van der Waals surface area contributed by atoms with Crippen molar-refractivity contribution in [1.29, 1.82) is 0 Å². The predicted octanol–water partition coefficient (Wildman–Crippen LogP) is 2.82. The molecule has 0 saturated heterocycles. The molecule has 4 heteroatoms. The molecule has 1 amide bonds. The highest BCUT2D eigenvalue weighted by Crippen LogP contribution is 2.51. The van der Waals surface area contributed by atoms with E-state index in [2.05, 4.69) is 19.2 Å². The first-order chi connectivity index (χ1) is 7.90. The summed E-state index contributed by atoms with van der Waals surface area (Å²) in [5.74, 6) is 0.216. The Kier molecular flexibility index (Phi) is 3.04. The average molecular weight is 254 g/mol. The van der Waals surface area contributed by atoms with Crippen LogP contribution in [0.25, 0.3) is 0 Å². The minimum atomic E-state index is -0.248. The smallest absolute Gasteiger partial charge is 0.255 e. The molecule has 0 radical (unpaired) electrons. The summed E-state index contributed by atoms with van der Waals surface area (Å²) >= 11 is 5.70. The summed E-state index contributed by atoms with van der Waals surface area (Å²) in [6.07, 6.45) is 1.14. The van der Waals surface area contributed by atoms with Crippen molar-refractivity contribution in [1.82, 2.24) is 5.32 Å². The number of carbonyl (C=O) groups is 1. The average Bonchev–Trinajstić information content (AvgIpc) is 2.83. The highest BCUT2D eigenvalue weighted by molar-refractivity contribution is 6.30. The lowest BCUT2D eigenvalue weighted by Crippen LogP contribution is -2.26. The lowest BCUT2D eigenvalue weighted by atomic mass is 10.1. The van der Waals surface area contributed by atoms with Gasteiger partial charge in [-0.25, -0.2) is 0 Å². The first-order valence-electron chi connectivity index (χ1n) is 5.67. The van der Waals surface area contributed by atoms with Crippen LogP contribution in [0.5, 0.6) is 5.75 Å². The lowest BCUT2D eigenvalue weighted by molar-refractivity contribution is 0.0948. The quantitative estimate of drug-likeness (QED) is 0.870. The fourth-order valence-corrected chi connectivity index (χ4v) is 2.10. The molecule has 1 aromatic rings. The SMILES string of the molecule is CC1(C)CC1CNC(=O)c1ccc(Cl)cc1O. The Balaban J connectivity index is 1.96. The molecule has 92 valence electrons. The van der Waals surface area contributed by atoms with E-state index in [1.807, 2.05) is 0 Å². The van der Waals surface area contributed by atoms with Gasteiger partial charge in [-0.1, -0.05) is 25.4 Å². The first-order valence-corrected chi connectivity index (χ1v) is 6.04. The highest BCUT2D eigenvalue weighted by Gasteiger charge is 2.45. The number of hydrogen-bond acceptors (Lipinski definition) is 2. The molecule has 1 aliphatic carbocycles. The van der Waals surface area contributed by atoms with Crippen molar-refractivity contribution in [2.24, 2.45) is 11.3 Å². The van der Waals surface area contributed by atoms with E-state index in [1.54, 1.807) is 6.07 Å². The van der Waals surface area contributed by atoms with Crippen molar-refractivity contribution >= 4 is 17.5 Å². The monoisotopic (exact) mass is 253 g/mol. The number of hydrogen-bond donors (Lipinski definition) is 2. The molecule has 1 saturated carbocycles. The van der Waals surface area contributed by atoms with Crippen LogP contribution in [-0.4, -0.2) is 17.6 Å². The van der Waals surface area contributed by atoms with Crippen LogP contribution in [0.15, 0.2) is 18.2 Å². The highest BCUT2D eigenvalue weighted by atomic mass is 35.5. The van der Waals surface area contributed by atoms with Gasteiger partial charge in [0.05, 0.1) is 5.56 Å². The van der Waals surface area contributed by atoms with Crippen molar-refractivity contribution in [2.75, 3.05) is 6.54 Å². The summed E-state index contributed by atoms with van der Waals surface area (Å²) in [6, 6.07) is 4.50. The molecule has 0 aliphatic heterocycles. The Labute approximate surface area is 106 Å². The van der Waals surface area contributed by atoms with E-state index in [0.29, 0.717) is 22.9 Å². The number of halogens is 1. The molecule has 1 fully saturated rings. The van der Waals surface area contributed by atoms with Gasteiger partial charge < -0.3 is 10.4 Å². The van der Waals surface area contributed by atoms with Crippen LogP contribution in [0.3, 0.4) is 0 Å². The number of benzene rings is 1. The molecule has 1 unspecified atom stereocenters. The molecule has 0 bridgehead atoms. The Morgan fingerprint density at radius 2 is 2.24 bits per heavy atom. The molecular formula is C13H16ClNO2. The number of nitrogens with one attached hydrogen (secondary N) is 1. The molecule has 1 atom stereocenters. The van der Waals surface area contributed by atoms with Gasteiger partial charge in [0.2, 0.25) is 0 Å². The van der Waals surface area contributed by atoms with E-state index >= 15 is 0 Å². The standard InChI is InChI=1S/C13H16ClNO2/c1-13(2)6-8(13)7-15-12(17)10-4-3-9(14)5-11(10)16/h3-5,8,16H,6-7H2,1-2H3,(H,15,17). The summed E-state index contributed by atoms with van der Waals surface area (Å²) in [4.78, 5) is 11.8. The maximum atomic E-state index is 11.8. The molecule has 3 nitrogen and oxygen atoms in total. The molecule has 1 aliphatic rings. The van der Waals surface area contributed by atoms with E-state index in [0.717, 1.165) is 6.42 Å². The summed E-state index contributed by atoms with van der Waals surface area (Å²) in [6.45, 7) is 5.03. The zero-order chi connectivity index (χ0) is 12.6. The van der Waals surface area contributed by atoms with E-state index < -0.39 is 0 Å². The van der Waals surface area contributed by atoms with Crippen molar-refractivity contribution in [2.45, 2.75) is 20.3 Å². The summed E-state index contributed by atoms with van der Waals surface area (Å²) in [5, 5.41) is 12.9. The normalized spacial score (nSPS) is 21.0. The van der Waals surface area contributed by atoms with Crippen LogP contribution in [0.2, 0.25) is 5.02 Å². The van der Waals surface area contributed by atoms with Crippen LogP contribution in [0.4, 0.5) is 0 Å². The second-order valence-electron chi connectivity index (χ2n) is 5.26. The van der Waals surface area contributed by atoms with Crippen molar-refractivity contribution in [3.05, 3.63) is 28.8 Å².